The standard InChI is InChI=1S/C11H17N3O/c1-8(2)13-3-9-4-14(10-6-15-7-10)12-11(9)5-13/h4,8,10H,3,5-7H2,1-2H3. The van der Waals surface area contributed by atoms with Gasteiger partial charge in [0.05, 0.1) is 24.9 Å². The number of fused-ring (bicyclic) bond motifs is 1. The molecule has 1 fully saturated rings. The van der Waals surface area contributed by atoms with Gasteiger partial charge in [0.25, 0.3) is 0 Å². The Kier molecular flexibility index (Phi) is 2.07. The summed E-state index contributed by atoms with van der Waals surface area (Å²) in [7, 11) is 0. The second-order valence-corrected chi connectivity index (χ2v) is 4.77. The van der Waals surface area contributed by atoms with Crippen LogP contribution in [0.5, 0.6) is 0 Å². The van der Waals surface area contributed by atoms with Crippen LogP contribution in [0.25, 0.3) is 0 Å². The summed E-state index contributed by atoms with van der Waals surface area (Å²) < 4.78 is 7.27. The van der Waals surface area contributed by atoms with Crippen molar-refractivity contribution in [2.45, 2.75) is 39.0 Å². The number of hydrogen-bond acceptors (Lipinski definition) is 3. The molecule has 2 aliphatic heterocycles. The third-order valence-electron chi connectivity index (χ3n) is 3.35. The highest BCUT2D eigenvalue weighted by Crippen LogP contribution is 2.26. The second-order valence-electron chi connectivity index (χ2n) is 4.77. The van der Waals surface area contributed by atoms with Crippen molar-refractivity contribution >= 4 is 0 Å². The van der Waals surface area contributed by atoms with Gasteiger partial charge in [0.1, 0.15) is 0 Å². The van der Waals surface area contributed by atoms with Crippen LogP contribution in [0.2, 0.25) is 0 Å². The average molecular weight is 207 g/mol. The molecule has 0 aromatic carbocycles. The SMILES string of the molecule is CC(C)N1Cc2cn(C3COC3)nc2C1. The summed E-state index contributed by atoms with van der Waals surface area (Å²) in [6, 6.07) is 1.10. The normalized spacial score (nSPS) is 22.1. The molecule has 1 aromatic rings. The van der Waals surface area contributed by atoms with Crippen LogP contribution in [-0.2, 0) is 17.8 Å². The number of ether oxygens (including phenoxy) is 1. The summed E-state index contributed by atoms with van der Waals surface area (Å²) in [6.45, 7) is 8.19. The Morgan fingerprint density at radius 2 is 2.20 bits per heavy atom. The predicted molar refractivity (Wildman–Crippen MR) is 56.5 cm³/mol. The largest absolute Gasteiger partial charge is 0.377 e. The zero-order valence-corrected chi connectivity index (χ0v) is 9.31. The van der Waals surface area contributed by atoms with E-state index in [1.54, 1.807) is 0 Å². The molecule has 0 spiro atoms. The summed E-state index contributed by atoms with van der Waals surface area (Å²) in [5.41, 5.74) is 2.66. The Morgan fingerprint density at radius 1 is 1.40 bits per heavy atom. The highest BCUT2D eigenvalue weighted by molar-refractivity contribution is 5.22. The fraction of sp³-hybridized carbons (Fsp3) is 0.727. The Bertz CT molecular complexity index is 344. The molecule has 2 aliphatic rings. The molecule has 4 heteroatoms. The first-order valence-electron chi connectivity index (χ1n) is 5.62. The number of aromatic nitrogens is 2. The molecule has 1 aromatic heterocycles. The van der Waals surface area contributed by atoms with Crippen LogP contribution < -0.4 is 0 Å². The van der Waals surface area contributed by atoms with Gasteiger partial charge >= 0.3 is 0 Å². The minimum absolute atomic E-state index is 0.489. The lowest BCUT2D eigenvalue weighted by Crippen LogP contribution is -2.31. The summed E-state index contributed by atoms with van der Waals surface area (Å²) in [4.78, 5) is 2.44. The van der Waals surface area contributed by atoms with Crippen molar-refractivity contribution in [2.75, 3.05) is 13.2 Å². The first-order chi connectivity index (χ1) is 7.24. The van der Waals surface area contributed by atoms with Gasteiger partial charge in [0, 0.05) is 30.9 Å². The van der Waals surface area contributed by atoms with Crippen LogP contribution in [0.3, 0.4) is 0 Å². The Morgan fingerprint density at radius 3 is 2.73 bits per heavy atom. The lowest BCUT2D eigenvalue weighted by Gasteiger charge is -2.26. The van der Waals surface area contributed by atoms with Gasteiger partial charge in [-0.3, -0.25) is 9.58 Å². The smallest absolute Gasteiger partial charge is 0.0985 e. The molecule has 3 rings (SSSR count). The van der Waals surface area contributed by atoms with Gasteiger partial charge in [-0.1, -0.05) is 0 Å². The molecule has 0 unspecified atom stereocenters. The fourth-order valence-corrected chi connectivity index (χ4v) is 2.13. The van der Waals surface area contributed by atoms with Crippen LogP contribution in [0.15, 0.2) is 6.20 Å². The van der Waals surface area contributed by atoms with E-state index >= 15 is 0 Å². The Balaban J connectivity index is 1.77. The second kappa shape index (κ2) is 3.32. The Labute approximate surface area is 89.8 Å². The molecule has 1 saturated heterocycles. The van der Waals surface area contributed by atoms with Crippen molar-refractivity contribution < 1.29 is 4.74 Å². The van der Waals surface area contributed by atoms with Crippen LogP contribution in [0.1, 0.15) is 31.1 Å². The van der Waals surface area contributed by atoms with Crippen LogP contribution >= 0.6 is 0 Å². The zero-order chi connectivity index (χ0) is 10.4. The third-order valence-corrected chi connectivity index (χ3v) is 3.35. The van der Waals surface area contributed by atoms with E-state index in [1.165, 1.54) is 11.3 Å². The molecular formula is C11H17N3O. The van der Waals surface area contributed by atoms with Gasteiger partial charge < -0.3 is 4.74 Å². The minimum Gasteiger partial charge on any atom is -0.377 e. The van der Waals surface area contributed by atoms with E-state index in [-0.39, 0.29) is 0 Å². The van der Waals surface area contributed by atoms with E-state index in [0.717, 1.165) is 26.3 Å². The molecule has 0 atom stereocenters. The van der Waals surface area contributed by atoms with Gasteiger partial charge in [0.2, 0.25) is 0 Å². The molecule has 0 radical (unpaired) electrons. The van der Waals surface area contributed by atoms with Crippen LogP contribution in [-0.4, -0.2) is 33.9 Å². The van der Waals surface area contributed by atoms with E-state index in [9.17, 15) is 0 Å². The van der Waals surface area contributed by atoms with Crippen molar-refractivity contribution in [3.63, 3.8) is 0 Å². The lowest BCUT2D eigenvalue weighted by atomic mass is 10.2. The van der Waals surface area contributed by atoms with E-state index < -0.39 is 0 Å². The van der Waals surface area contributed by atoms with Gasteiger partial charge in [-0.05, 0) is 13.8 Å². The molecule has 15 heavy (non-hydrogen) atoms. The minimum atomic E-state index is 0.489. The summed E-state index contributed by atoms with van der Waals surface area (Å²) in [5, 5.41) is 4.64. The Hall–Kier alpha value is -0.870. The first kappa shape index (κ1) is 9.36. The van der Waals surface area contributed by atoms with Crippen molar-refractivity contribution in [3.05, 3.63) is 17.5 Å². The molecule has 0 bridgehead atoms. The van der Waals surface area contributed by atoms with Gasteiger partial charge in [0.15, 0.2) is 0 Å². The van der Waals surface area contributed by atoms with E-state index in [2.05, 4.69) is 34.7 Å². The predicted octanol–water partition coefficient (Wildman–Crippen LogP) is 1.18. The zero-order valence-electron chi connectivity index (χ0n) is 9.31. The average Bonchev–Trinajstić information content (AvgIpc) is 2.56. The maximum absolute atomic E-state index is 5.18. The summed E-state index contributed by atoms with van der Waals surface area (Å²) in [6.07, 6.45) is 2.20. The number of hydrogen-bond donors (Lipinski definition) is 0. The van der Waals surface area contributed by atoms with Crippen LogP contribution in [0.4, 0.5) is 0 Å². The van der Waals surface area contributed by atoms with E-state index in [0.29, 0.717) is 12.1 Å². The first-order valence-corrected chi connectivity index (χ1v) is 5.62. The topological polar surface area (TPSA) is 30.3 Å². The molecule has 3 heterocycles. The number of nitrogens with zero attached hydrogens (tertiary/aromatic N) is 3. The van der Waals surface area contributed by atoms with Gasteiger partial charge in [-0.2, -0.15) is 5.10 Å². The van der Waals surface area contributed by atoms with Gasteiger partial charge in [-0.15, -0.1) is 0 Å². The maximum Gasteiger partial charge on any atom is 0.0985 e. The van der Waals surface area contributed by atoms with Crippen LogP contribution in [0, 0.1) is 0 Å². The summed E-state index contributed by atoms with van der Waals surface area (Å²) >= 11 is 0. The highest BCUT2D eigenvalue weighted by atomic mass is 16.5. The van der Waals surface area contributed by atoms with Crippen molar-refractivity contribution in [1.29, 1.82) is 0 Å². The fourth-order valence-electron chi connectivity index (χ4n) is 2.13. The molecule has 82 valence electrons. The molecule has 0 amide bonds. The van der Waals surface area contributed by atoms with Crippen molar-refractivity contribution in [3.8, 4) is 0 Å². The van der Waals surface area contributed by atoms with Crippen molar-refractivity contribution in [2.24, 2.45) is 0 Å². The monoisotopic (exact) mass is 207 g/mol. The molecule has 0 aliphatic carbocycles. The molecular weight excluding hydrogens is 190 g/mol. The molecule has 0 N–H and O–H groups in total. The quantitative estimate of drug-likeness (QED) is 0.729. The van der Waals surface area contributed by atoms with E-state index in [4.69, 9.17) is 4.74 Å². The lowest BCUT2D eigenvalue weighted by molar-refractivity contribution is -0.0290. The molecule has 4 nitrogen and oxygen atoms in total. The van der Waals surface area contributed by atoms with Gasteiger partial charge in [-0.25, -0.2) is 0 Å². The maximum atomic E-state index is 5.18. The molecule has 0 saturated carbocycles. The van der Waals surface area contributed by atoms with Crippen molar-refractivity contribution in [1.82, 2.24) is 14.7 Å². The summed E-state index contributed by atoms with van der Waals surface area (Å²) in [5.74, 6) is 0. The highest BCUT2D eigenvalue weighted by Gasteiger charge is 2.28. The number of rotatable bonds is 2. The third kappa shape index (κ3) is 1.48. The van der Waals surface area contributed by atoms with E-state index in [1.807, 2.05) is 0 Å².